The molecule has 0 aromatic carbocycles. The molecule has 0 bridgehead atoms. The third kappa shape index (κ3) is 5.36. The summed E-state index contributed by atoms with van der Waals surface area (Å²) < 4.78 is 5.68. The highest BCUT2D eigenvalue weighted by Gasteiger charge is 2.31. The van der Waals surface area contributed by atoms with Gasteiger partial charge < -0.3 is 15.2 Å². The van der Waals surface area contributed by atoms with E-state index in [1.165, 1.54) is 0 Å². The zero-order valence-corrected chi connectivity index (χ0v) is 12.0. The first kappa shape index (κ1) is 15.4. The molecule has 0 spiro atoms. The zero-order valence-electron chi connectivity index (χ0n) is 12.0. The molecular formula is C14H27NO3. The Bertz CT molecular complexity index is 260. The quantitative estimate of drug-likeness (QED) is 0.700. The lowest BCUT2D eigenvalue weighted by atomic mass is 9.88. The van der Waals surface area contributed by atoms with Gasteiger partial charge in [-0.05, 0) is 39.0 Å². The van der Waals surface area contributed by atoms with E-state index >= 15 is 0 Å². The van der Waals surface area contributed by atoms with Crippen LogP contribution in [0.2, 0.25) is 0 Å². The molecule has 18 heavy (non-hydrogen) atoms. The summed E-state index contributed by atoms with van der Waals surface area (Å²) in [5.41, 5.74) is 0. The van der Waals surface area contributed by atoms with Gasteiger partial charge in [0.15, 0.2) is 0 Å². The van der Waals surface area contributed by atoms with Crippen molar-refractivity contribution in [3.05, 3.63) is 0 Å². The minimum absolute atomic E-state index is 0.268. The molecule has 0 amide bonds. The van der Waals surface area contributed by atoms with Gasteiger partial charge in [-0.25, -0.2) is 0 Å². The van der Waals surface area contributed by atoms with Gasteiger partial charge in [-0.1, -0.05) is 13.8 Å². The second-order valence-electron chi connectivity index (χ2n) is 6.05. The average Bonchev–Trinajstić information content (AvgIpc) is 2.17. The molecule has 4 heteroatoms. The molecule has 1 atom stereocenters. The number of hydrogen-bond acceptors (Lipinski definition) is 3. The lowest BCUT2D eigenvalue weighted by Crippen LogP contribution is -2.48. The van der Waals surface area contributed by atoms with E-state index in [-0.39, 0.29) is 12.0 Å². The Balaban J connectivity index is 2.18. The predicted molar refractivity (Wildman–Crippen MR) is 71.6 cm³/mol. The maximum atomic E-state index is 11.1. The second-order valence-corrected chi connectivity index (χ2v) is 6.05. The van der Waals surface area contributed by atoms with Crippen molar-refractivity contribution in [1.29, 1.82) is 0 Å². The third-order valence-electron chi connectivity index (χ3n) is 3.32. The summed E-state index contributed by atoms with van der Waals surface area (Å²) >= 11 is 0. The zero-order chi connectivity index (χ0) is 13.7. The van der Waals surface area contributed by atoms with E-state index in [0.717, 1.165) is 19.3 Å². The Morgan fingerprint density at radius 1 is 1.33 bits per heavy atom. The molecule has 1 rings (SSSR count). The summed E-state index contributed by atoms with van der Waals surface area (Å²) in [6.45, 7) is 8.79. The maximum absolute atomic E-state index is 11.1. The molecule has 1 saturated carbocycles. The highest BCUT2D eigenvalue weighted by molar-refractivity contribution is 5.70. The molecule has 2 N–H and O–H groups in total. The van der Waals surface area contributed by atoms with E-state index in [1.54, 1.807) is 0 Å². The van der Waals surface area contributed by atoms with Crippen molar-refractivity contribution < 1.29 is 14.6 Å². The van der Waals surface area contributed by atoms with Crippen LogP contribution in [0.15, 0.2) is 0 Å². The fourth-order valence-corrected chi connectivity index (χ4v) is 2.38. The van der Waals surface area contributed by atoms with Crippen molar-refractivity contribution >= 4 is 5.97 Å². The molecule has 1 aliphatic carbocycles. The van der Waals surface area contributed by atoms with Gasteiger partial charge in [0.25, 0.3) is 0 Å². The molecule has 0 aromatic heterocycles. The summed E-state index contributed by atoms with van der Waals surface area (Å²) in [7, 11) is 0. The number of aliphatic carboxylic acids is 1. The van der Waals surface area contributed by atoms with Crippen LogP contribution in [0, 0.1) is 11.8 Å². The van der Waals surface area contributed by atoms with Crippen LogP contribution >= 0.6 is 0 Å². The number of carbonyl (C=O) groups is 1. The van der Waals surface area contributed by atoms with Gasteiger partial charge in [0.1, 0.15) is 0 Å². The Hall–Kier alpha value is -0.610. The van der Waals surface area contributed by atoms with Gasteiger partial charge in [-0.15, -0.1) is 0 Å². The fourth-order valence-electron chi connectivity index (χ4n) is 2.38. The highest BCUT2D eigenvalue weighted by Crippen LogP contribution is 2.25. The fraction of sp³-hybridized carbons (Fsp3) is 0.929. The lowest BCUT2D eigenvalue weighted by molar-refractivity contribution is -0.142. The Labute approximate surface area is 110 Å². The Morgan fingerprint density at radius 2 is 1.94 bits per heavy atom. The average molecular weight is 257 g/mol. The van der Waals surface area contributed by atoms with Crippen LogP contribution < -0.4 is 5.32 Å². The van der Waals surface area contributed by atoms with Crippen molar-refractivity contribution in [3.63, 3.8) is 0 Å². The van der Waals surface area contributed by atoms with Gasteiger partial charge in [0.2, 0.25) is 0 Å². The lowest BCUT2D eigenvalue weighted by Gasteiger charge is -2.37. The molecule has 0 heterocycles. The summed E-state index contributed by atoms with van der Waals surface area (Å²) in [6.07, 6.45) is 3.39. The van der Waals surface area contributed by atoms with Gasteiger partial charge in [0.05, 0.1) is 18.1 Å². The van der Waals surface area contributed by atoms with E-state index in [2.05, 4.69) is 19.2 Å². The third-order valence-corrected chi connectivity index (χ3v) is 3.32. The molecule has 1 aliphatic rings. The number of ether oxygens (including phenoxy) is 1. The van der Waals surface area contributed by atoms with E-state index in [4.69, 9.17) is 9.84 Å². The summed E-state index contributed by atoms with van der Waals surface area (Å²) in [4.78, 5) is 11.1. The SMILES string of the molecule is CC(C)CC(CNC1CC(OC(C)C)C1)C(=O)O. The van der Waals surface area contributed by atoms with E-state index in [9.17, 15) is 4.79 Å². The van der Waals surface area contributed by atoms with Gasteiger partial charge in [-0.2, -0.15) is 0 Å². The number of nitrogens with one attached hydrogen (secondary N) is 1. The van der Waals surface area contributed by atoms with E-state index in [1.807, 2.05) is 13.8 Å². The summed E-state index contributed by atoms with van der Waals surface area (Å²) in [5, 5.41) is 12.5. The Kier molecular flexibility index (Phi) is 6.09. The van der Waals surface area contributed by atoms with Crippen LogP contribution in [0.1, 0.15) is 47.0 Å². The van der Waals surface area contributed by atoms with Crippen LogP contribution in [-0.2, 0) is 9.53 Å². The molecule has 0 aromatic rings. The summed E-state index contributed by atoms with van der Waals surface area (Å²) in [5.74, 6) is -0.535. The van der Waals surface area contributed by atoms with Crippen molar-refractivity contribution in [3.8, 4) is 0 Å². The van der Waals surface area contributed by atoms with E-state index in [0.29, 0.717) is 24.6 Å². The number of hydrogen-bond donors (Lipinski definition) is 2. The minimum Gasteiger partial charge on any atom is -0.481 e. The molecule has 1 unspecified atom stereocenters. The normalized spacial score (nSPS) is 25.2. The molecule has 106 valence electrons. The first-order valence-corrected chi connectivity index (χ1v) is 7.00. The second kappa shape index (κ2) is 7.10. The van der Waals surface area contributed by atoms with Crippen LogP contribution in [0.25, 0.3) is 0 Å². The molecule has 0 saturated heterocycles. The van der Waals surface area contributed by atoms with Gasteiger partial charge >= 0.3 is 5.97 Å². The van der Waals surface area contributed by atoms with E-state index < -0.39 is 5.97 Å². The molecule has 0 radical (unpaired) electrons. The maximum Gasteiger partial charge on any atom is 0.307 e. The molecule has 1 fully saturated rings. The van der Waals surface area contributed by atoms with Gasteiger partial charge in [-0.3, -0.25) is 4.79 Å². The van der Waals surface area contributed by atoms with Crippen LogP contribution in [-0.4, -0.2) is 35.9 Å². The summed E-state index contributed by atoms with van der Waals surface area (Å²) in [6, 6.07) is 0.433. The van der Waals surface area contributed by atoms with Crippen LogP contribution in [0.5, 0.6) is 0 Å². The monoisotopic (exact) mass is 257 g/mol. The first-order chi connectivity index (χ1) is 8.38. The highest BCUT2D eigenvalue weighted by atomic mass is 16.5. The van der Waals surface area contributed by atoms with Crippen molar-refractivity contribution in [2.24, 2.45) is 11.8 Å². The predicted octanol–water partition coefficient (Wildman–Crippen LogP) is 2.28. The minimum atomic E-state index is -0.689. The smallest absolute Gasteiger partial charge is 0.307 e. The molecule has 0 aliphatic heterocycles. The van der Waals surface area contributed by atoms with Gasteiger partial charge in [0, 0.05) is 12.6 Å². The number of carboxylic acids is 1. The van der Waals surface area contributed by atoms with Crippen molar-refractivity contribution in [1.82, 2.24) is 5.32 Å². The number of rotatable bonds is 8. The molecule has 4 nitrogen and oxygen atoms in total. The van der Waals surface area contributed by atoms with Crippen LogP contribution in [0.3, 0.4) is 0 Å². The standard InChI is InChI=1S/C14H27NO3/c1-9(2)5-11(14(16)17)8-15-12-6-13(7-12)18-10(3)4/h9-13,15H,5-8H2,1-4H3,(H,16,17). The Morgan fingerprint density at radius 3 is 2.39 bits per heavy atom. The van der Waals surface area contributed by atoms with Crippen molar-refractivity contribution in [2.45, 2.75) is 65.2 Å². The first-order valence-electron chi connectivity index (χ1n) is 7.00. The largest absolute Gasteiger partial charge is 0.481 e. The molecular weight excluding hydrogens is 230 g/mol. The topological polar surface area (TPSA) is 58.6 Å². The van der Waals surface area contributed by atoms with Crippen LogP contribution in [0.4, 0.5) is 0 Å². The number of carboxylic acid groups (broad SMARTS) is 1. The van der Waals surface area contributed by atoms with Crippen molar-refractivity contribution in [2.75, 3.05) is 6.54 Å².